The molecule has 14 heteroatoms. The first-order valence-corrected chi connectivity index (χ1v) is 14.0. The van der Waals surface area contributed by atoms with Gasteiger partial charge in [0.1, 0.15) is 11.6 Å². The summed E-state index contributed by atoms with van der Waals surface area (Å²) < 4.78 is 34.6. The van der Waals surface area contributed by atoms with Crippen LogP contribution in [0.4, 0.5) is 11.4 Å². The normalized spacial score (nSPS) is 19.0. The molecule has 0 saturated carbocycles. The van der Waals surface area contributed by atoms with Gasteiger partial charge < -0.3 is 15.4 Å². The number of guanidine groups is 1. The molecule has 1 unspecified atom stereocenters. The maximum Gasteiger partial charge on any atom is 0.213 e. The van der Waals surface area contributed by atoms with E-state index < -0.39 is 15.6 Å². The number of fused-ring (bicyclic) bond motifs is 1. The minimum Gasteiger partial charge on any atom is -0.383 e. The molecule has 12 nitrogen and oxygen atoms in total. The molecule has 0 aliphatic carbocycles. The summed E-state index contributed by atoms with van der Waals surface area (Å²) in [7, 11) is -1.66. The summed E-state index contributed by atoms with van der Waals surface area (Å²) in [6.07, 6.45) is 7.42. The average molecular weight is 530 g/mol. The van der Waals surface area contributed by atoms with E-state index in [1.165, 1.54) is 4.31 Å². The Morgan fingerprint density at radius 2 is 2.17 bits per heavy atom. The van der Waals surface area contributed by atoms with Crippen molar-refractivity contribution in [3.8, 4) is 6.07 Å². The lowest BCUT2D eigenvalue weighted by atomic mass is 9.89. The van der Waals surface area contributed by atoms with Crippen LogP contribution in [0.2, 0.25) is 0 Å². The van der Waals surface area contributed by atoms with Gasteiger partial charge >= 0.3 is 0 Å². The predicted octanol–water partition coefficient (Wildman–Crippen LogP) is 2.04. The first-order valence-electron chi connectivity index (χ1n) is 11.5. The zero-order chi connectivity index (χ0) is 25.3. The maximum absolute atomic E-state index is 12.3. The summed E-state index contributed by atoms with van der Waals surface area (Å²) in [5.41, 5.74) is 1.94. The van der Waals surface area contributed by atoms with Gasteiger partial charge in [0, 0.05) is 38.2 Å². The number of nitrogens with one attached hydrogen (secondary N) is 2. The van der Waals surface area contributed by atoms with E-state index in [0.29, 0.717) is 19.1 Å². The highest BCUT2D eigenvalue weighted by molar-refractivity contribution is 7.89. The standard InChI is InChI=1S/C22H27N9O3S2/c1-3-36(32,33)30-14-22(15-30,5-6-23)31-12-16(10-25-31)19-20-18(4-9-35-20)27-21(28-19)26-17-11-24-29(13-17)7-8-34-2/h4,9-13,19H,3,5,7-8,14-15H2,1-2H3,(H2,26,27,28). The van der Waals surface area contributed by atoms with Crippen molar-refractivity contribution in [1.82, 2.24) is 23.9 Å². The van der Waals surface area contributed by atoms with Crippen LogP contribution in [0.15, 0.2) is 41.2 Å². The third kappa shape index (κ3) is 4.50. The van der Waals surface area contributed by atoms with E-state index in [-0.39, 0.29) is 31.3 Å². The Morgan fingerprint density at radius 3 is 2.92 bits per heavy atom. The van der Waals surface area contributed by atoms with Gasteiger partial charge in [-0.1, -0.05) is 0 Å². The summed E-state index contributed by atoms with van der Waals surface area (Å²) >= 11 is 1.60. The van der Waals surface area contributed by atoms with Crippen molar-refractivity contribution in [2.45, 2.75) is 31.5 Å². The second kappa shape index (κ2) is 9.66. The largest absolute Gasteiger partial charge is 0.383 e. The molecule has 2 aliphatic rings. The number of thiophene rings is 1. The lowest BCUT2D eigenvalue weighted by molar-refractivity contribution is 0.0717. The van der Waals surface area contributed by atoms with Crippen molar-refractivity contribution < 1.29 is 13.2 Å². The van der Waals surface area contributed by atoms with Gasteiger partial charge in [0.2, 0.25) is 16.0 Å². The Kier molecular flexibility index (Phi) is 6.56. The number of aromatic nitrogens is 4. The van der Waals surface area contributed by atoms with Crippen LogP contribution in [0.1, 0.15) is 29.8 Å². The number of anilines is 2. The van der Waals surface area contributed by atoms with Crippen LogP contribution in [-0.4, -0.2) is 70.8 Å². The molecule has 1 atom stereocenters. The van der Waals surface area contributed by atoms with Gasteiger partial charge in [-0.3, -0.25) is 9.36 Å². The number of aliphatic imine (C=N–C) groups is 1. The molecule has 190 valence electrons. The first-order chi connectivity index (χ1) is 17.4. The molecule has 0 amide bonds. The highest BCUT2D eigenvalue weighted by Gasteiger charge is 2.50. The molecule has 1 saturated heterocycles. The van der Waals surface area contributed by atoms with Gasteiger partial charge in [0.15, 0.2) is 0 Å². The SMILES string of the molecule is CCS(=O)(=O)N1CC(CC#N)(n2cc(C3N=C(Nc4cnn(CCOC)c4)Nc4ccsc43)cn2)C1. The van der Waals surface area contributed by atoms with Crippen molar-refractivity contribution >= 4 is 38.7 Å². The highest BCUT2D eigenvalue weighted by atomic mass is 32.2. The topological polar surface area (TPSA) is 142 Å². The van der Waals surface area contributed by atoms with Gasteiger partial charge in [0.25, 0.3) is 0 Å². The molecule has 3 aromatic rings. The third-order valence-corrected chi connectivity index (χ3v) is 9.13. The minimum atomic E-state index is -3.31. The Hall–Kier alpha value is -3.25. The smallest absolute Gasteiger partial charge is 0.213 e. The molecule has 0 aromatic carbocycles. The molecule has 36 heavy (non-hydrogen) atoms. The Labute approximate surface area is 213 Å². The van der Waals surface area contributed by atoms with Crippen molar-refractivity contribution in [1.29, 1.82) is 5.26 Å². The monoisotopic (exact) mass is 529 g/mol. The van der Waals surface area contributed by atoms with Crippen LogP contribution in [0.5, 0.6) is 0 Å². The van der Waals surface area contributed by atoms with E-state index in [0.717, 1.165) is 21.8 Å². The van der Waals surface area contributed by atoms with E-state index in [1.807, 2.05) is 23.8 Å². The van der Waals surface area contributed by atoms with Gasteiger partial charge in [0.05, 0.1) is 60.0 Å². The van der Waals surface area contributed by atoms with Crippen LogP contribution in [0.25, 0.3) is 0 Å². The zero-order valence-corrected chi connectivity index (χ0v) is 21.6. The van der Waals surface area contributed by atoms with Crippen LogP contribution in [0.3, 0.4) is 0 Å². The highest BCUT2D eigenvalue weighted by Crippen LogP contribution is 2.40. The number of nitrogens with zero attached hydrogens (tertiary/aromatic N) is 7. The van der Waals surface area contributed by atoms with Crippen LogP contribution < -0.4 is 10.6 Å². The van der Waals surface area contributed by atoms with Gasteiger partial charge in [-0.15, -0.1) is 11.3 Å². The van der Waals surface area contributed by atoms with Gasteiger partial charge in [-0.05, 0) is 18.4 Å². The Morgan fingerprint density at radius 1 is 1.33 bits per heavy atom. The molecule has 2 N–H and O–H groups in total. The number of hydrogen-bond acceptors (Lipinski definition) is 10. The predicted molar refractivity (Wildman–Crippen MR) is 136 cm³/mol. The van der Waals surface area contributed by atoms with E-state index in [4.69, 9.17) is 9.73 Å². The average Bonchev–Trinajstić information content (AvgIpc) is 3.60. The number of rotatable bonds is 9. The Bertz CT molecular complexity index is 1410. The number of hydrogen-bond donors (Lipinski definition) is 2. The number of nitriles is 1. The molecular formula is C22H27N9O3S2. The number of ether oxygens (including phenoxy) is 1. The minimum absolute atomic E-state index is 0.0337. The molecule has 0 radical (unpaired) electrons. The van der Waals surface area contributed by atoms with E-state index in [1.54, 1.807) is 47.1 Å². The van der Waals surface area contributed by atoms with Gasteiger partial charge in [-0.25, -0.2) is 13.4 Å². The molecule has 5 heterocycles. The molecule has 5 rings (SSSR count). The maximum atomic E-state index is 12.3. The fourth-order valence-electron chi connectivity index (χ4n) is 4.36. The second-order valence-electron chi connectivity index (χ2n) is 8.76. The summed E-state index contributed by atoms with van der Waals surface area (Å²) in [5, 5.41) is 27.0. The van der Waals surface area contributed by atoms with E-state index >= 15 is 0 Å². The number of sulfonamides is 1. The van der Waals surface area contributed by atoms with Crippen LogP contribution in [-0.2, 0) is 26.8 Å². The molecular weight excluding hydrogens is 502 g/mol. The fourth-order valence-corrected chi connectivity index (χ4v) is 6.51. The molecule has 3 aromatic heterocycles. The van der Waals surface area contributed by atoms with E-state index in [2.05, 4.69) is 26.9 Å². The lowest BCUT2D eigenvalue weighted by Crippen LogP contribution is -2.64. The third-order valence-electron chi connectivity index (χ3n) is 6.39. The van der Waals surface area contributed by atoms with Crippen LogP contribution >= 0.6 is 11.3 Å². The lowest BCUT2D eigenvalue weighted by Gasteiger charge is -2.47. The first kappa shape index (κ1) is 24.4. The fraction of sp³-hybridized carbons (Fsp3) is 0.455. The summed E-state index contributed by atoms with van der Waals surface area (Å²) in [6.45, 7) is 3.31. The second-order valence-corrected chi connectivity index (χ2v) is 12.0. The van der Waals surface area contributed by atoms with Crippen molar-refractivity contribution in [2.75, 3.05) is 43.2 Å². The van der Waals surface area contributed by atoms with E-state index in [9.17, 15) is 13.7 Å². The van der Waals surface area contributed by atoms with Crippen molar-refractivity contribution in [3.63, 3.8) is 0 Å². The zero-order valence-electron chi connectivity index (χ0n) is 20.0. The summed E-state index contributed by atoms with van der Waals surface area (Å²) in [4.78, 5) is 5.95. The van der Waals surface area contributed by atoms with Crippen molar-refractivity contribution in [3.05, 3.63) is 46.7 Å². The quantitative estimate of drug-likeness (QED) is 0.429. The van der Waals surface area contributed by atoms with Gasteiger partial charge in [-0.2, -0.15) is 19.8 Å². The molecule has 0 spiro atoms. The summed E-state index contributed by atoms with van der Waals surface area (Å²) in [5.74, 6) is 0.618. The summed E-state index contributed by atoms with van der Waals surface area (Å²) in [6, 6.07) is 3.92. The Balaban J connectivity index is 1.39. The van der Waals surface area contributed by atoms with Crippen molar-refractivity contribution in [2.24, 2.45) is 4.99 Å². The molecule has 2 aliphatic heterocycles. The molecule has 1 fully saturated rings. The van der Waals surface area contributed by atoms with Crippen LogP contribution in [0, 0.1) is 11.3 Å². The number of methoxy groups -OCH3 is 1. The molecule has 0 bridgehead atoms.